The van der Waals surface area contributed by atoms with Crippen LogP contribution in [0.1, 0.15) is 58.8 Å². The summed E-state index contributed by atoms with van der Waals surface area (Å²) >= 11 is 0. The molecule has 0 aromatic carbocycles. The number of hydrogen-bond donors (Lipinski definition) is 3. The van der Waals surface area contributed by atoms with Gasteiger partial charge in [0.2, 0.25) is 0 Å². The third-order valence-corrected chi connectivity index (χ3v) is 17.2. The van der Waals surface area contributed by atoms with Crippen molar-refractivity contribution in [2.24, 2.45) is 32.0 Å². The number of anilines is 3. The summed E-state index contributed by atoms with van der Waals surface area (Å²) in [6.07, 6.45) is 30.1. The number of rotatable bonds is 12. The van der Waals surface area contributed by atoms with Gasteiger partial charge in [-0.1, -0.05) is 5.21 Å². The molecule has 0 amide bonds. The molecule has 0 atom stereocenters. The Bertz CT molecular complexity index is 4900. The van der Waals surface area contributed by atoms with Crippen LogP contribution in [-0.4, -0.2) is 126 Å². The van der Waals surface area contributed by atoms with E-state index in [1.54, 1.807) is 103 Å². The minimum atomic E-state index is -0.587. The minimum Gasteiger partial charge on any atom is -0.382 e. The van der Waals surface area contributed by atoms with Gasteiger partial charge < -0.3 is 22.1 Å². The van der Waals surface area contributed by atoms with Crippen molar-refractivity contribution in [3.05, 3.63) is 105 Å². The smallest absolute Gasteiger partial charge is 0.179 e. The fourth-order valence-electron chi connectivity index (χ4n) is 13.0. The lowest BCUT2D eigenvalue weighted by Gasteiger charge is -2.50. The number of nitriles is 6. The fraction of sp³-hybridized carbons (Fsp3) is 0.317. The van der Waals surface area contributed by atoms with Gasteiger partial charge in [-0.2, -0.15) is 72.4 Å². The molecule has 3 aliphatic rings. The minimum absolute atomic E-state index is 0.223. The second-order valence-corrected chi connectivity index (χ2v) is 24.3. The number of hydrogen-bond acceptors (Lipinski definition) is 23. The molecule has 1 aliphatic heterocycles. The van der Waals surface area contributed by atoms with Gasteiger partial charge in [-0.3, -0.25) is 28.1 Å². The zero-order valence-corrected chi connectivity index (χ0v) is 50.4. The third-order valence-electron chi connectivity index (χ3n) is 17.2. The maximum absolute atomic E-state index is 9.45. The molecule has 15 rings (SSSR count). The summed E-state index contributed by atoms with van der Waals surface area (Å²) in [6.45, 7) is 4.63. The molecule has 12 aromatic rings. The Hall–Kier alpha value is -12.8. The number of aryl methyl sites for hydroxylation is 3. The van der Waals surface area contributed by atoms with Crippen LogP contribution in [0.25, 0.3) is 84.2 Å². The number of aromatic nitrogens is 22. The zero-order chi connectivity index (χ0) is 64.5. The Morgan fingerprint density at radius 3 is 1.18 bits per heavy atom. The quantitative estimate of drug-likeness (QED) is 0.129. The van der Waals surface area contributed by atoms with Crippen LogP contribution in [0, 0.1) is 78.9 Å². The van der Waals surface area contributed by atoms with E-state index < -0.39 is 27.4 Å². The summed E-state index contributed by atoms with van der Waals surface area (Å²) in [7, 11) is 5.48. The van der Waals surface area contributed by atoms with E-state index in [2.05, 4.69) is 87.6 Å². The molecule has 456 valence electrons. The second kappa shape index (κ2) is 21.8. The van der Waals surface area contributed by atoms with Gasteiger partial charge in [-0.25, -0.2) is 28.5 Å². The van der Waals surface area contributed by atoms with Crippen LogP contribution >= 0.6 is 0 Å². The predicted molar refractivity (Wildman–Crippen MR) is 328 cm³/mol. The zero-order valence-electron chi connectivity index (χ0n) is 50.4. The lowest BCUT2D eigenvalue weighted by atomic mass is 9.58. The normalized spacial score (nSPS) is 20.2. The molecular weight excluding hydrogens is 1170 g/mol. The first-order valence-electron chi connectivity index (χ1n) is 28.8. The molecule has 13 heterocycles. The van der Waals surface area contributed by atoms with Gasteiger partial charge in [0.15, 0.2) is 23.6 Å². The van der Waals surface area contributed by atoms with Crippen LogP contribution in [0.15, 0.2) is 105 Å². The molecule has 32 nitrogen and oxygen atoms in total. The van der Waals surface area contributed by atoms with E-state index >= 15 is 0 Å². The average Bonchev–Trinajstić information content (AvgIpc) is 1.44. The van der Waals surface area contributed by atoms with E-state index in [-0.39, 0.29) is 25.1 Å². The number of nitrogens with zero attached hydrogens (tertiary/aromatic N) is 29. The van der Waals surface area contributed by atoms with Gasteiger partial charge in [0, 0.05) is 63.3 Å². The molecule has 1 saturated heterocycles. The first-order valence-corrected chi connectivity index (χ1v) is 28.8. The summed E-state index contributed by atoms with van der Waals surface area (Å²) in [4.78, 5) is 16.1. The maximum atomic E-state index is 9.45. The van der Waals surface area contributed by atoms with Gasteiger partial charge in [-0.15, -0.1) is 5.10 Å². The molecule has 2 saturated carbocycles. The van der Waals surface area contributed by atoms with Crippen molar-refractivity contribution >= 4 is 34.0 Å². The van der Waals surface area contributed by atoms with E-state index in [0.29, 0.717) is 107 Å². The molecule has 12 aromatic heterocycles. The van der Waals surface area contributed by atoms with E-state index in [9.17, 15) is 26.3 Å². The van der Waals surface area contributed by atoms with Crippen LogP contribution in [0.4, 0.5) is 17.5 Å². The van der Waals surface area contributed by atoms with Crippen LogP contribution in [-0.2, 0) is 37.8 Å². The molecule has 0 spiro atoms. The SMILES string of the molecule is Cn1cc(-c2cn3nccc3c(-c3cn(C4(CC#N)CC(C)(C#N)C4)nc3N)n2)cn1.Cn1cc(-c2cn3nccc3c(-c3cn(C4(CC#N)CC(C)(C#N)C4)nc3N)n2)cn1.Cn1cc(-c2cn3nccc3c(-c3cn(C4(CC#N)CN(C#N)C4)nc3N)n2)nn1. The Labute approximate surface area is 523 Å². The maximum Gasteiger partial charge on any atom is 0.179 e. The Morgan fingerprint density at radius 1 is 0.457 bits per heavy atom. The Kier molecular flexibility index (Phi) is 13.8. The van der Waals surface area contributed by atoms with Crippen molar-refractivity contribution < 1.29 is 0 Å². The molecule has 3 fully saturated rings. The van der Waals surface area contributed by atoms with Crippen molar-refractivity contribution in [2.75, 3.05) is 30.3 Å². The van der Waals surface area contributed by atoms with E-state index in [1.165, 1.54) is 0 Å². The predicted octanol–water partition coefficient (Wildman–Crippen LogP) is 5.39. The van der Waals surface area contributed by atoms with Crippen molar-refractivity contribution in [2.45, 2.75) is 75.4 Å². The Morgan fingerprint density at radius 2 is 0.837 bits per heavy atom. The summed E-state index contributed by atoms with van der Waals surface area (Å²) in [5.74, 6) is 0.929. The van der Waals surface area contributed by atoms with Crippen LogP contribution in [0.5, 0.6) is 0 Å². The van der Waals surface area contributed by atoms with E-state index in [0.717, 1.165) is 27.7 Å². The highest BCUT2D eigenvalue weighted by atomic mass is 15.4. The van der Waals surface area contributed by atoms with Gasteiger partial charge in [0.25, 0.3) is 0 Å². The van der Waals surface area contributed by atoms with Crippen molar-refractivity contribution in [3.8, 4) is 104 Å². The van der Waals surface area contributed by atoms with Crippen LogP contribution < -0.4 is 17.2 Å². The van der Waals surface area contributed by atoms with Crippen LogP contribution in [0.3, 0.4) is 0 Å². The largest absolute Gasteiger partial charge is 0.382 e. The number of nitrogens with two attached hydrogens (primary N) is 3. The molecular formula is C60H56N32. The lowest BCUT2D eigenvalue weighted by molar-refractivity contribution is 0.0199. The molecule has 0 unspecified atom stereocenters. The molecule has 2 aliphatic carbocycles. The highest BCUT2D eigenvalue weighted by molar-refractivity contribution is 5.86. The molecule has 0 radical (unpaired) electrons. The number of likely N-dealkylation sites (tertiary alicyclic amines) is 1. The summed E-state index contributed by atoms with van der Waals surface area (Å²) in [5, 5.41) is 99.3. The van der Waals surface area contributed by atoms with Gasteiger partial charge in [-0.05, 0) is 57.7 Å². The van der Waals surface area contributed by atoms with Gasteiger partial charge in [0.05, 0.1) is 185 Å². The van der Waals surface area contributed by atoms with Gasteiger partial charge >= 0.3 is 0 Å². The second-order valence-electron chi connectivity index (χ2n) is 24.3. The molecule has 0 bridgehead atoms. The first kappa shape index (κ1) is 58.2. The summed E-state index contributed by atoms with van der Waals surface area (Å²) in [5.41, 5.74) is 26.9. The lowest BCUT2D eigenvalue weighted by Crippen LogP contribution is -2.60. The molecule has 92 heavy (non-hydrogen) atoms. The van der Waals surface area contributed by atoms with Crippen molar-refractivity contribution in [1.29, 1.82) is 31.6 Å². The van der Waals surface area contributed by atoms with Gasteiger partial charge in [0.1, 0.15) is 34.0 Å². The van der Waals surface area contributed by atoms with Crippen molar-refractivity contribution in [1.82, 2.24) is 113 Å². The summed E-state index contributed by atoms with van der Waals surface area (Å²) in [6, 6.07) is 17.0. The van der Waals surface area contributed by atoms with Crippen LogP contribution in [0.2, 0.25) is 0 Å². The number of fused-ring (bicyclic) bond motifs is 3. The van der Waals surface area contributed by atoms with E-state index in [4.69, 9.17) is 37.4 Å². The summed E-state index contributed by atoms with van der Waals surface area (Å²) < 4.78 is 15.4. The topological polar surface area (TPSA) is 434 Å². The highest BCUT2D eigenvalue weighted by Gasteiger charge is 2.56. The number of nitrogen functional groups attached to an aromatic ring is 3. The Balaban J connectivity index is 0.000000126. The molecule has 32 heteroatoms. The van der Waals surface area contributed by atoms with E-state index in [1.807, 2.05) is 83.3 Å². The van der Waals surface area contributed by atoms with Crippen molar-refractivity contribution in [3.63, 3.8) is 0 Å². The standard InChI is InChI=1S/2C21H20N10.C18H16N12/c2*1-20(13-23)11-21(12-20,4-5-22)31-9-15(19(24)28-31)18-17-3-6-25-30(17)10-16(27-18)14-7-26-29(2)8-14;1-27-7-14(24-26-27)13-8-29-15(2-5-22-29)16(23-13)12-6-30(25-17(12)21)18(3-4-19)9-28(10-18)11-20/h2*3,6-10H,4,11-12H2,1-2H3,(H2,24,28);2,5-8H,3,9-10H2,1H3,(H2,21,25). The monoisotopic (exact) mass is 1220 g/mol. The average molecular weight is 1230 g/mol. The fourth-order valence-corrected chi connectivity index (χ4v) is 13.0. The highest BCUT2D eigenvalue weighted by Crippen LogP contribution is 2.56. The molecule has 6 N–H and O–H groups in total. The third kappa shape index (κ3) is 9.95. The first-order chi connectivity index (χ1) is 44.2.